The summed E-state index contributed by atoms with van der Waals surface area (Å²) >= 11 is 1.50. The van der Waals surface area contributed by atoms with Gasteiger partial charge in [-0.2, -0.15) is 5.10 Å². The van der Waals surface area contributed by atoms with Crippen molar-refractivity contribution in [3.8, 4) is 5.69 Å². The number of rotatable bonds is 5. The van der Waals surface area contributed by atoms with Gasteiger partial charge < -0.3 is 0 Å². The van der Waals surface area contributed by atoms with E-state index in [2.05, 4.69) is 15.1 Å². The summed E-state index contributed by atoms with van der Waals surface area (Å²) in [6.07, 6.45) is 3.26. The van der Waals surface area contributed by atoms with E-state index in [0.717, 1.165) is 27.3 Å². The van der Waals surface area contributed by atoms with Crippen LogP contribution in [0.5, 0.6) is 0 Å². The maximum Gasteiger partial charge on any atom is 0.269 e. The number of nitrogens with zero attached hydrogens (tertiary/aromatic N) is 5. The molecular weight excluding hydrogens is 350 g/mol. The molecule has 0 atom stereocenters. The quantitative estimate of drug-likeness (QED) is 0.230. The number of para-hydroxylation sites is 1. The summed E-state index contributed by atoms with van der Waals surface area (Å²) in [5.74, 6) is 0.574. The van der Waals surface area contributed by atoms with Crippen LogP contribution in [0.4, 0.5) is 5.69 Å². The highest BCUT2D eigenvalue weighted by molar-refractivity contribution is 7.98. The molecule has 8 heteroatoms. The number of benzene rings is 2. The third-order valence-corrected chi connectivity index (χ3v) is 4.90. The second kappa shape index (κ2) is 6.93. The summed E-state index contributed by atoms with van der Waals surface area (Å²) in [7, 11) is 0. The molecule has 0 aliphatic heterocycles. The van der Waals surface area contributed by atoms with Crippen molar-refractivity contribution in [2.75, 3.05) is 0 Å². The number of fused-ring (bicyclic) bond motifs is 1. The van der Waals surface area contributed by atoms with Gasteiger partial charge in [0.25, 0.3) is 5.69 Å². The largest absolute Gasteiger partial charge is 0.269 e. The second-order valence-electron chi connectivity index (χ2n) is 5.52. The predicted molar refractivity (Wildman–Crippen MR) is 99.3 cm³/mol. The van der Waals surface area contributed by atoms with Gasteiger partial charge in [-0.3, -0.25) is 10.1 Å². The molecule has 4 rings (SSSR count). The van der Waals surface area contributed by atoms with E-state index >= 15 is 0 Å². The molecule has 2 aromatic heterocycles. The Balaban J connectivity index is 1.63. The first kappa shape index (κ1) is 16.2. The summed E-state index contributed by atoms with van der Waals surface area (Å²) in [5.41, 5.74) is 2.61. The van der Waals surface area contributed by atoms with Crippen molar-refractivity contribution in [1.29, 1.82) is 0 Å². The number of thioether (sulfide) groups is 1. The van der Waals surface area contributed by atoms with E-state index in [1.807, 2.05) is 36.4 Å². The van der Waals surface area contributed by atoms with Crippen molar-refractivity contribution in [1.82, 2.24) is 19.7 Å². The number of hydrogen-bond donors (Lipinski definition) is 0. The fourth-order valence-corrected chi connectivity index (χ4v) is 3.51. The molecular formula is C18H13N5O2S. The minimum absolute atomic E-state index is 0.0906. The van der Waals surface area contributed by atoms with Crippen LogP contribution in [0.25, 0.3) is 16.7 Å². The van der Waals surface area contributed by atoms with E-state index in [0.29, 0.717) is 5.75 Å². The maximum atomic E-state index is 10.9. The summed E-state index contributed by atoms with van der Waals surface area (Å²) in [4.78, 5) is 19.2. The third kappa shape index (κ3) is 3.14. The van der Waals surface area contributed by atoms with Crippen molar-refractivity contribution in [2.45, 2.75) is 10.8 Å². The van der Waals surface area contributed by atoms with E-state index in [1.54, 1.807) is 23.0 Å². The molecule has 0 aliphatic rings. The van der Waals surface area contributed by atoms with Gasteiger partial charge in [0.2, 0.25) is 0 Å². The molecule has 0 spiro atoms. The first-order valence-corrected chi connectivity index (χ1v) is 8.81. The van der Waals surface area contributed by atoms with Crippen molar-refractivity contribution < 1.29 is 4.92 Å². The number of nitro benzene ring substituents is 1. The summed E-state index contributed by atoms with van der Waals surface area (Å²) in [5, 5.41) is 17.0. The van der Waals surface area contributed by atoms with Crippen LogP contribution in [-0.4, -0.2) is 24.7 Å². The zero-order chi connectivity index (χ0) is 17.9. The fourth-order valence-electron chi connectivity index (χ4n) is 2.61. The molecule has 2 aromatic carbocycles. The fraction of sp³-hybridized carbons (Fsp3) is 0.0556. The van der Waals surface area contributed by atoms with Gasteiger partial charge in [0.1, 0.15) is 11.4 Å². The lowest BCUT2D eigenvalue weighted by Gasteiger charge is -2.04. The highest BCUT2D eigenvalue weighted by Crippen LogP contribution is 2.29. The monoisotopic (exact) mass is 363 g/mol. The Morgan fingerprint density at radius 2 is 1.92 bits per heavy atom. The number of hydrogen-bond acceptors (Lipinski definition) is 6. The molecule has 2 heterocycles. The molecule has 4 aromatic rings. The summed E-state index contributed by atoms with van der Waals surface area (Å²) < 4.78 is 1.77. The van der Waals surface area contributed by atoms with Crippen molar-refractivity contribution in [3.63, 3.8) is 0 Å². The van der Waals surface area contributed by atoms with Gasteiger partial charge in [0.15, 0.2) is 5.65 Å². The molecule has 0 fully saturated rings. The van der Waals surface area contributed by atoms with Gasteiger partial charge in [-0.25, -0.2) is 14.6 Å². The van der Waals surface area contributed by atoms with Crippen LogP contribution in [0.2, 0.25) is 0 Å². The van der Waals surface area contributed by atoms with Gasteiger partial charge in [-0.05, 0) is 17.7 Å². The molecule has 0 bridgehead atoms. The summed E-state index contributed by atoms with van der Waals surface area (Å²) in [6.45, 7) is 0. The molecule has 0 saturated carbocycles. The van der Waals surface area contributed by atoms with Gasteiger partial charge in [0, 0.05) is 17.9 Å². The number of nitro groups is 1. The smallest absolute Gasteiger partial charge is 0.258 e. The van der Waals surface area contributed by atoms with E-state index in [4.69, 9.17) is 0 Å². The molecule has 26 heavy (non-hydrogen) atoms. The Labute approximate surface area is 152 Å². The average molecular weight is 363 g/mol. The Bertz CT molecular complexity index is 1080. The van der Waals surface area contributed by atoms with E-state index in [1.165, 1.54) is 24.2 Å². The lowest BCUT2D eigenvalue weighted by molar-refractivity contribution is -0.384. The Kier molecular flexibility index (Phi) is 4.32. The van der Waals surface area contributed by atoms with E-state index in [-0.39, 0.29) is 10.6 Å². The minimum atomic E-state index is -0.388. The molecule has 0 radical (unpaired) electrons. The average Bonchev–Trinajstić information content (AvgIpc) is 3.12. The maximum absolute atomic E-state index is 10.9. The van der Waals surface area contributed by atoms with Gasteiger partial charge in [-0.1, -0.05) is 30.3 Å². The Morgan fingerprint density at radius 3 is 2.73 bits per heavy atom. The van der Waals surface area contributed by atoms with Crippen LogP contribution in [0.1, 0.15) is 5.56 Å². The van der Waals surface area contributed by atoms with Crippen LogP contribution in [-0.2, 0) is 5.75 Å². The molecule has 7 nitrogen and oxygen atoms in total. The standard InChI is InChI=1S/C18H13N5O2S/c24-23(25)15-8-4-5-13(9-15)11-26-18-16-10-21-22(17(16)19-12-20-18)14-6-2-1-3-7-14/h1-10,12H,11H2. The second-order valence-corrected chi connectivity index (χ2v) is 6.49. The van der Waals surface area contributed by atoms with E-state index < -0.39 is 0 Å². The van der Waals surface area contributed by atoms with Crippen LogP contribution in [0.3, 0.4) is 0 Å². The highest BCUT2D eigenvalue weighted by atomic mass is 32.2. The van der Waals surface area contributed by atoms with Crippen LogP contribution < -0.4 is 0 Å². The first-order valence-electron chi connectivity index (χ1n) is 7.82. The normalized spacial score (nSPS) is 10.9. The zero-order valence-corrected chi connectivity index (χ0v) is 14.3. The lowest BCUT2D eigenvalue weighted by Crippen LogP contribution is -1.97. The lowest BCUT2D eigenvalue weighted by atomic mass is 10.2. The molecule has 0 N–H and O–H groups in total. The summed E-state index contributed by atoms with van der Waals surface area (Å²) in [6, 6.07) is 16.4. The van der Waals surface area contributed by atoms with Crippen LogP contribution >= 0.6 is 11.8 Å². The van der Waals surface area contributed by atoms with Gasteiger partial charge >= 0.3 is 0 Å². The number of aromatic nitrogens is 4. The van der Waals surface area contributed by atoms with E-state index in [9.17, 15) is 10.1 Å². The third-order valence-electron chi connectivity index (χ3n) is 3.83. The van der Waals surface area contributed by atoms with Gasteiger partial charge in [0.05, 0.1) is 22.2 Å². The van der Waals surface area contributed by atoms with Gasteiger partial charge in [-0.15, -0.1) is 11.8 Å². The van der Waals surface area contributed by atoms with Crippen LogP contribution in [0, 0.1) is 10.1 Å². The molecule has 0 amide bonds. The topological polar surface area (TPSA) is 86.7 Å². The Hall–Kier alpha value is -3.26. The zero-order valence-electron chi connectivity index (χ0n) is 13.5. The van der Waals surface area contributed by atoms with Crippen molar-refractivity contribution >= 4 is 28.5 Å². The minimum Gasteiger partial charge on any atom is -0.258 e. The molecule has 0 aliphatic carbocycles. The van der Waals surface area contributed by atoms with Crippen LogP contribution in [0.15, 0.2) is 72.1 Å². The molecule has 0 saturated heterocycles. The number of non-ortho nitro benzene ring substituents is 1. The highest BCUT2D eigenvalue weighted by Gasteiger charge is 2.12. The SMILES string of the molecule is O=[N+]([O-])c1cccc(CSc2ncnc3c2cnn3-c2ccccc2)c1. The predicted octanol–water partition coefficient (Wildman–Crippen LogP) is 4.02. The first-order chi connectivity index (χ1) is 12.7. The Morgan fingerprint density at radius 1 is 1.08 bits per heavy atom. The molecule has 0 unspecified atom stereocenters. The molecule has 128 valence electrons. The van der Waals surface area contributed by atoms with Crippen molar-refractivity contribution in [2.24, 2.45) is 0 Å². The van der Waals surface area contributed by atoms with Crippen molar-refractivity contribution in [3.05, 3.63) is 82.8 Å².